The summed E-state index contributed by atoms with van der Waals surface area (Å²) < 4.78 is 0. The molecule has 0 bridgehead atoms. The van der Waals surface area contributed by atoms with Crippen molar-refractivity contribution in [2.45, 2.75) is 19.6 Å². The summed E-state index contributed by atoms with van der Waals surface area (Å²) in [5.41, 5.74) is 0. The van der Waals surface area contributed by atoms with Crippen LogP contribution in [-0.2, 0) is 19.8 Å². The van der Waals surface area contributed by atoms with E-state index in [1.54, 1.807) is 5.19 Å². The van der Waals surface area contributed by atoms with Crippen molar-refractivity contribution in [1.82, 2.24) is 0 Å². The predicted molar refractivity (Wildman–Crippen MR) is 67.1 cm³/mol. The number of hydrogen-bond donors (Lipinski definition) is 0. The third-order valence-electron chi connectivity index (χ3n) is 2.08. The molecule has 0 aliphatic carbocycles. The Morgan fingerprint density at radius 2 is 1.33 bits per heavy atom. The van der Waals surface area contributed by atoms with E-state index in [-0.39, 0.29) is 19.8 Å². The van der Waals surface area contributed by atoms with Gasteiger partial charge in [0.25, 0.3) is 0 Å². The van der Waals surface area contributed by atoms with Crippen LogP contribution in [0.1, 0.15) is 0 Å². The van der Waals surface area contributed by atoms with Gasteiger partial charge in [-0.25, -0.2) is 24.3 Å². The van der Waals surface area contributed by atoms with E-state index >= 15 is 0 Å². The van der Waals surface area contributed by atoms with Crippen LogP contribution in [-0.4, -0.2) is 8.07 Å². The summed E-state index contributed by atoms with van der Waals surface area (Å²) in [6.07, 6.45) is 0. The Bertz CT molecular complexity index is 297. The van der Waals surface area contributed by atoms with E-state index in [0.29, 0.717) is 0 Å². The van der Waals surface area contributed by atoms with E-state index in [1.165, 1.54) is 0 Å². The van der Waals surface area contributed by atoms with Gasteiger partial charge in [-0.2, -0.15) is 35.5 Å². The molecule has 0 aromatic heterocycles. The fraction of sp³-hybridized carbons (Fsp3) is 0.231. The molecule has 0 saturated heterocycles. The van der Waals surface area contributed by atoms with Gasteiger partial charge in [0.15, 0.2) is 0 Å². The largest absolute Gasteiger partial charge is 2.00 e. The van der Waals surface area contributed by atoms with Gasteiger partial charge in [-0.1, -0.05) is 19.6 Å². The van der Waals surface area contributed by atoms with Gasteiger partial charge in [0, 0.05) is 8.07 Å². The van der Waals surface area contributed by atoms with Crippen molar-refractivity contribution >= 4 is 13.3 Å². The van der Waals surface area contributed by atoms with E-state index in [4.69, 9.17) is 0 Å². The third kappa shape index (κ3) is 5.87. The van der Waals surface area contributed by atoms with E-state index in [0.717, 1.165) is 0 Å². The van der Waals surface area contributed by atoms with Crippen LogP contribution < -0.4 is 5.19 Å². The van der Waals surface area contributed by atoms with Gasteiger partial charge >= 0.3 is 19.8 Å². The summed E-state index contributed by atoms with van der Waals surface area (Å²) >= 11 is 0. The minimum Gasteiger partial charge on any atom is -0.214 e. The Morgan fingerprint density at radius 3 is 1.53 bits per heavy atom. The van der Waals surface area contributed by atoms with Crippen molar-refractivity contribution in [2.24, 2.45) is 0 Å². The molecule has 0 radical (unpaired) electrons. The normalized spacial score (nSPS) is 9.80. The molecule has 2 aromatic rings. The maximum Gasteiger partial charge on any atom is 2.00 e. The molecule has 0 atom stereocenters. The molecule has 82 valence electrons. The molecule has 0 nitrogen and oxygen atoms in total. The van der Waals surface area contributed by atoms with Gasteiger partial charge in [-0.05, 0) is 0 Å². The Labute approximate surface area is 107 Å². The fourth-order valence-corrected chi connectivity index (χ4v) is 2.39. The predicted octanol–water partition coefficient (Wildman–Crippen LogP) is 3.35. The van der Waals surface area contributed by atoms with Crippen molar-refractivity contribution in [2.75, 3.05) is 0 Å². The Kier molecular flexibility index (Phi) is 6.73. The Balaban J connectivity index is 0.000000280. The van der Waals surface area contributed by atoms with Crippen LogP contribution in [0, 0.1) is 0 Å². The van der Waals surface area contributed by atoms with E-state index in [1.807, 2.05) is 30.3 Å². The molecular formula is C13H18OsSi. The van der Waals surface area contributed by atoms with Gasteiger partial charge in [0.2, 0.25) is 0 Å². The summed E-state index contributed by atoms with van der Waals surface area (Å²) in [5, 5.41) is 1.56. The topological polar surface area (TPSA) is 0 Å². The molecule has 0 amide bonds. The van der Waals surface area contributed by atoms with Crippen LogP contribution in [0.5, 0.6) is 0 Å². The second-order valence-electron chi connectivity index (χ2n) is 4.39. The second kappa shape index (κ2) is 6.93. The van der Waals surface area contributed by atoms with Crippen molar-refractivity contribution in [1.29, 1.82) is 0 Å². The van der Waals surface area contributed by atoms with E-state index < -0.39 is 8.07 Å². The average molecular weight is 393 g/mol. The summed E-state index contributed by atoms with van der Waals surface area (Å²) in [7, 11) is -0.981. The molecule has 0 unspecified atom stereocenters. The first-order valence-corrected chi connectivity index (χ1v) is 8.49. The van der Waals surface area contributed by atoms with Crippen LogP contribution in [0.15, 0.2) is 54.6 Å². The monoisotopic (exact) mass is 394 g/mol. The summed E-state index contributed by atoms with van der Waals surface area (Å²) in [4.78, 5) is 0. The molecule has 0 saturated carbocycles. The zero-order valence-electron chi connectivity index (χ0n) is 9.55. The number of hydrogen-bond acceptors (Lipinski definition) is 0. The van der Waals surface area contributed by atoms with Crippen LogP contribution in [0.3, 0.4) is 0 Å². The summed E-state index contributed by atoms with van der Waals surface area (Å²) in [6, 6.07) is 18.7. The molecule has 0 aliphatic rings. The maximum atomic E-state index is 2.36. The zero-order valence-corrected chi connectivity index (χ0v) is 13.1. The van der Waals surface area contributed by atoms with Crippen LogP contribution in [0.4, 0.5) is 0 Å². The van der Waals surface area contributed by atoms with Crippen LogP contribution in [0.2, 0.25) is 19.6 Å². The standard InChI is InChI=1S/C8H13Si.C5H5.Os/c1-9(2,3)8-6-4-5-7-8;1-2-4-5-3-1;/h4-7H,1-3H3;1-5H;/q2*-1;+2. The molecule has 2 aromatic carbocycles. The van der Waals surface area contributed by atoms with Crippen LogP contribution >= 0.6 is 0 Å². The molecule has 15 heavy (non-hydrogen) atoms. The smallest absolute Gasteiger partial charge is 0.214 e. The molecule has 0 aliphatic heterocycles. The second-order valence-corrected chi connectivity index (χ2v) is 9.46. The SMILES string of the molecule is C[Si](C)(C)[c-]1cccc1.[Os+2].c1cc[cH-]c1. The average Bonchev–Trinajstić information content (AvgIpc) is 2.80. The van der Waals surface area contributed by atoms with Crippen molar-refractivity contribution in [3.63, 3.8) is 0 Å². The van der Waals surface area contributed by atoms with Gasteiger partial charge in [0.1, 0.15) is 0 Å². The van der Waals surface area contributed by atoms with Gasteiger partial charge in [-0.3, -0.25) is 0 Å². The third-order valence-corrected chi connectivity index (χ3v) is 4.15. The minimum absolute atomic E-state index is 0. The summed E-state index contributed by atoms with van der Waals surface area (Å²) in [6.45, 7) is 7.09. The molecule has 0 fully saturated rings. The Morgan fingerprint density at radius 1 is 0.867 bits per heavy atom. The van der Waals surface area contributed by atoms with Gasteiger partial charge in [0.05, 0.1) is 0 Å². The van der Waals surface area contributed by atoms with Gasteiger partial charge in [-0.15, -0.1) is 0 Å². The quantitative estimate of drug-likeness (QED) is 0.516. The molecule has 0 heterocycles. The van der Waals surface area contributed by atoms with Crippen molar-refractivity contribution < 1.29 is 19.8 Å². The van der Waals surface area contributed by atoms with Gasteiger partial charge < -0.3 is 0 Å². The first-order valence-electron chi connectivity index (χ1n) is 4.99. The molecule has 0 N–H and O–H groups in total. The first kappa shape index (κ1) is 14.6. The zero-order chi connectivity index (χ0) is 10.4. The fourth-order valence-electron chi connectivity index (χ4n) is 1.19. The summed E-state index contributed by atoms with van der Waals surface area (Å²) in [5.74, 6) is 0. The minimum atomic E-state index is -0.981. The molecule has 2 rings (SSSR count). The molecule has 0 spiro atoms. The van der Waals surface area contributed by atoms with Crippen LogP contribution in [0.25, 0.3) is 0 Å². The Hall–Kier alpha value is -0.447. The maximum absolute atomic E-state index is 2.36. The van der Waals surface area contributed by atoms with Crippen molar-refractivity contribution in [3.8, 4) is 0 Å². The van der Waals surface area contributed by atoms with Crippen molar-refractivity contribution in [3.05, 3.63) is 54.6 Å². The molecular weight excluding hydrogens is 374 g/mol. The molecule has 2 heteroatoms. The number of rotatable bonds is 1. The van der Waals surface area contributed by atoms with E-state index in [9.17, 15) is 0 Å². The van der Waals surface area contributed by atoms with E-state index in [2.05, 4.69) is 43.9 Å². The first-order chi connectivity index (χ1) is 6.61.